The van der Waals surface area contributed by atoms with Gasteiger partial charge in [-0.3, -0.25) is 4.79 Å². The first-order chi connectivity index (χ1) is 14.6. The molecule has 2 heterocycles. The normalized spacial score (nSPS) is 27.0. The molecule has 0 bridgehead atoms. The lowest BCUT2D eigenvalue weighted by Gasteiger charge is -2.55. The van der Waals surface area contributed by atoms with Gasteiger partial charge in [0.1, 0.15) is 12.6 Å². The Labute approximate surface area is 181 Å². The molecule has 2 aliphatic heterocycles. The first-order valence-corrected chi connectivity index (χ1v) is 11.5. The van der Waals surface area contributed by atoms with Crippen molar-refractivity contribution in [1.82, 2.24) is 10.2 Å². The average molecular weight is 407 g/mol. The Morgan fingerprint density at radius 1 is 1.03 bits per heavy atom. The van der Waals surface area contributed by atoms with Gasteiger partial charge in [-0.15, -0.1) is 0 Å². The highest BCUT2D eigenvalue weighted by atomic mass is 16.2. The number of piperazine rings is 2. The monoisotopic (exact) mass is 406 g/mol. The molecule has 4 heteroatoms. The van der Waals surface area contributed by atoms with Gasteiger partial charge in [0.2, 0.25) is 0 Å². The molecule has 1 N–H and O–H groups in total. The van der Waals surface area contributed by atoms with Gasteiger partial charge in [-0.1, -0.05) is 74.5 Å². The van der Waals surface area contributed by atoms with E-state index in [0.717, 1.165) is 50.0 Å². The van der Waals surface area contributed by atoms with E-state index >= 15 is 0 Å². The quantitative estimate of drug-likeness (QED) is 0.748. The van der Waals surface area contributed by atoms with E-state index in [0.29, 0.717) is 24.4 Å². The molecule has 0 saturated carbocycles. The van der Waals surface area contributed by atoms with Crippen molar-refractivity contribution in [2.45, 2.75) is 38.8 Å². The van der Waals surface area contributed by atoms with Crippen LogP contribution < -0.4 is 5.32 Å². The number of hydrogen-bond donors (Lipinski definition) is 1. The van der Waals surface area contributed by atoms with E-state index in [-0.39, 0.29) is 6.04 Å². The number of benzene rings is 2. The van der Waals surface area contributed by atoms with Crippen LogP contribution in [-0.4, -0.2) is 66.6 Å². The fraction of sp³-hybridized carbons (Fsp3) is 0.500. The van der Waals surface area contributed by atoms with Crippen LogP contribution in [0.5, 0.6) is 0 Å². The SMILES string of the molecule is CC(C)[C@H]1CNCC[N+]12CC(=O)N(CCc1ccccc1)[C@@H](Cc1ccccc1)C2. The Kier molecular flexibility index (Phi) is 6.55. The zero-order chi connectivity index (χ0) is 21.0. The summed E-state index contributed by atoms with van der Waals surface area (Å²) in [4.78, 5) is 15.7. The molecule has 2 aromatic rings. The second-order valence-corrected chi connectivity index (χ2v) is 9.46. The van der Waals surface area contributed by atoms with Crippen molar-refractivity contribution in [1.29, 1.82) is 0 Å². The molecular formula is C26H36N3O+. The van der Waals surface area contributed by atoms with Crippen LogP contribution in [0.3, 0.4) is 0 Å². The van der Waals surface area contributed by atoms with Gasteiger partial charge in [0.15, 0.2) is 6.54 Å². The molecule has 1 amide bonds. The summed E-state index contributed by atoms with van der Waals surface area (Å²) in [5, 5.41) is 3.58. The van der Waals surface area contributed by atoms with Crippen LogP contribution in [0.25, 0.3) is 0 Å². The minimum Gasteiger partial charge on any atom is -0.328 e. The molecule has 2 aliphatic rings. The van der Waals surface area contributed by atoms with Crippen molar-refractivity contribution in [3.63, 3.8) is 0 Å². The Hall–Kier alpha value is -2.17. The van der Waals surface area contributed by atoms with Crippen LogP contribution in [0.15, 0.2) is 60.7 Å². The summed E-state index contributed by atoms with van der Waals surface area (Å²) in [6, 6.07) is 22.0. The number of rotatable bonds is 6. The molecule has 2 saturated heterocycles. The van der Waals surface area contributed by atoms with Crippen molar-refractivity contribution >= 4 is 5.91 Å². The van der Waals surface area contributed by atoms with Gasteiger partial charge in [-0.05, 0) is 24.0 Å². The smallest absolute Gasteiger partial charge is 0.278 e. The van der Waals surface area contributed by atoms with E-state index < -0.39 is 0 Å². The van der Waals surface area contributed by atoms with Crippen molar-refractivity contribution in [3.05, 3.63) is 71.8 Å². The lowest BCUT2D eigenvalue weighted by molar-refractivity contribution is -0.954. The average Bonchev–Trinajstić information content (AvgIpc) is 2.75. The van der Waals surface area contributed by atoms with Crippen LogP contribution in [0, 0.1) is 5.92 Å². The number of nitrogens with zero attached hydrogens (tertiary/aromatic N) is 2. The van der Waals surface area contributed by atoms with Crippen LogP contribution in [0.1, 0.15) is 25.0 Å². The van der Waals surface area contributed by atoms with Crippen LogP contribution in [0.4, 0.5) is 0 Å². The fourth-order valence-corrected chi connectivity index (χ4v) is 5.61. The van der Waals surface area contributed by atoms with Gasteiger partial charge in [0, 0.05) is 25.6 Å². The molecule has 2 fully saturated rings. The summed E-state index contributed by atoms with van der Waals surface area (Å²) in [6.45, 7) is 10.3. The molecule has 4 rings (SSSR count). The first kappa shape index (κ1) is 21.1. The van der Waals surface area contributed by atoms with Crippen molar-refractivity contribution in [3.8, 4) is 0 Å². The number of hydrogen-bond acceptors (Lipinski definition) is 2. The maximum Gasteiger partial charge on any atom is 0.278 e. The minimum absolute atomic E-state index is 0.261. The number of nitrogens with one attached hydrogen (secondary N) is 1. The molecule has 1 spiro atoms. The lowest BCUT2D eigenvalue weighted by Crippen LogP contribution is -2.75. The summed E-state index contributed by atoms with van der Waals surface area (Å²) >= 11 is 0. The molecular weight excluding hydrogens is 370 g/mol. The predicted octanol–water partition coefficient (Wildman–Crippen LogP) is 3.13. The molecule has 4 nitrogen and oxygen atoms in total. The van der Waals surface area contributed by atoms with Gasteiger partial charge in [0.25, 0.3) is 5.91 Å². The van der Waals surface area contributed by atoms with Gasteiger partial charge in [-0.2, -0.15) is 0 Å². The molecule has 3 atom stereocenters. The van der Waals surface area contributed by atoms with Crippen LogP contribution in [-0.2, 0) is 17.6 Å². The largest absolute Gasteiger partial charge is 0.328 e. The van der Waals surface area contributed by atoms with E-state index in [1.54, 1.807) is 0 Å². The van der Waals surface area contributed by atoms with Crippen molar-refractivity contribution in [2.75, 3.05) is 39.3 Å². The van der Waals surface area contributed by atoms with E-state index in [1.165, 1.54) is 11.1 Å². The zero-order valence-electron chi connectivity index (χ0n) is 18.5. The number of carbonyl (C=O) groups excluding carboxylic acids is 1. The van der Waals surface area contributed by atoms with Gasteiger partial charge in [-0.25, -0.2) is 0 Å². The van der Waals surface area contributed by atoms with Crippen molar-refractivity contribution < 1.29 is 9.28 Å². The summed E-state index contributed by atoms with van der Waals surface area (Å²) < 4.78 is 0.961. The van der Waals surface area contributed by atoms with Gasteiger partial charge in [0.05, 0.1) is 12.6 Å². The summed E-state index contributed by atoms with van der Waals surface area (Å²) in [5.74, 6) is 0.907. The molecule has 0 radical (unpaired) electrons. The molecule has 1 unspecified atom stereocenters. The second-order valence-electron chi connectivity index (χ2n) is 9.46. The molecule has 2 aromatic carbocycles. The maximum absolute atomic E-state index is 13.5. The predicted molar refractivity (Wildman–Crippen MR) is 122 cm³/mol. The zero-order valence-corrected chi connectivity index (χ0v) is 18.5. The van der Waals surface area contributed by atoms with Crippen LogP contribution in [0.2, 0.25) is 0 Å². The Morgan fingerprint density at radius 3 is 2.37 bits per heavy atom. The molecule has 0 aromatic heterocycles. The molecule has 160 valence electrons. The van der Waals surface area contributed by atoms with Gasteiger partial charge < -0.3 is 14.7 Å². The summed E-state index contributed by atoms with van der Waals surface area (Å²) in [7, 11) is 0. The number of carbonyl (C=O) groups is 1. The maximum atomic E-state index is 13.5. The topological polar surface area (TPSA) is 32.3 Å². The summed E-state index contributed by atoms with van der Waals surface area (Å²) in [6.07, 6.45) is 1.87. The Balaban J connectivity index is 1.58. The molecule has 30 heavy (non-hydrogen) atoms. The molecule has 0 aliphatic carbocycles. The number of quaternary nitrogens is 1. The van der Waals surface area contributed by atoms with E-state index in [1.807, 2.05) is 0 Å². The van der Waals surface area contributed by atoms with Gasteiger partial charge >= 0.3 is 0 Å². The van der Waals surface area contributed by atoms with Crippen molar-refractivity contribution in [2.24, 2.45) is 5.92 Å². The van der Waals surface area contributed by atoms with E-state index in [2.05, 4.69) is 84.7 Å². The number of amides is 1. The third kappa shape index (κ3) is 4.60. The fourth-order valence-electron chi connectivity index (χ4n) is 5.61. The first-order valence-electron chi connectivity index (χ1n) is 11.5. The highest BCUT2D eigenvalue weighted by molar-refractivity contribution is 5.78. The van der Waals surface area contributed by atoms with E-state index in [9.17, 15) is 4.79 Å². The minimum atomic E-state index is 0.261. The summed E-state index contributed by atoms with van der Waals surface area (Å²) in [5.41, 5.74) is 2.64. The Bertz CT molecular complexity index is 823. The third-order valence-electron chi connectivity index (χ3n) is 7.14. The second kappa shape index (κ2) is 9.32. The third-order valence-corrected chi connectivity index (χ3v) is 7.14. The van der Waals surface area contributed by atoms with Crippen LogP contribution >= 0.6 is 0 Å². The Morgan fingerprint density at radius 2 is 1.70 bits per heavy atom. The highest BCUT2D eigenvalue weighted by Crippen LogP contribution is 2.30. The lowest BCUT2D eigenvalue weighted by atomic mass is 9.91. The van der Waals surface area contributed by atoms with E-state index in [4.69, 9.17) is 0 Å². The highest BCUT2D eigenvalue weighted by Gasteiger charge is 2.49. The standard InChI is InChI=1S/C26H36N3O/c1-21(2)25-18-27-14-16-29(25)19-24(17-23-11-7-4-8-12-23)28(26(30)20-29)15-13-22-9-5-3-6-10-22/h3-12,21,24-25,27H,13-20H2,1-2H3/q+1/t24-,25+,29?/m0/s1.